The van der Waals surface area contributed by atoms with Crippen molar-refractivity contribution in [3.8, 4) is 0 Å². The van der Waals surface area contributed by atoms with Crippen molar-refractivity contribution in [3.05, 3.63) is 11.5 Å². The van der Waals surface area contributed by atoms with Crippen molar-refractivity contribution in [1.29, 1.82) is 0 Å². The van der Waals surface area contributed by atoms with Gasteiger partial charge in [0.25, 0.3) is 0 Å². The summed E-state index contributed by atoms with van der Waals surface area (Å²) >= 11 is 0. The van der Waals surface area contributed by atoms with Crippen molar-refractivity contribution in [3.63, 3.8) is 0 Å². The lowest BCUT2D eigenvalue weighted by Gasteiger charge is -2.47. The molecule has 0 spiro atoms. The molecule has 0 radical (unpaired) electrons. The van der Waals surface area contributed by atoms with Crippen LogP contribution < -0.4 is 5.73 Å². The molecule has 1 saturated heterocycles. The molecule has 2 aliphatic heterocycles. The van der Waals surface area contributed by atoms with Crippen LogP contribution in [0.15, 0.2) is 11.5 Å². The Bertz CT molecular complexity index is 349. The molecule has 0 saturated carbocycles. The fourth-order valence-corrected chi connectivity index (χ4v) is 1.72. The SMILES string of the molecule is CC1=C(C(=O)O)N2C(=O)C(N)C2CO1. The second-order valence-electron chi connectivity index (χ2n) is 3.32. The van der Waals surface area contributed by atoms with E-state index in [1.165, 1.54) is 11.8 Å². The van der Waals surface area contributed by atoms with Crippen LogP contribution in [0, 0.1) is 0 Å². The average Bonchev–Trinajstić information content (AvgIpc) is 2.15. The van der Waals surface area contributed by atoms with Crippen LogP contribution in [0.4, 0.5) is 0 Å². The lowest BCUT2D eigenvalue weighted by molar-refractivity contribution is -0.157. The van der Waals surface area contributed by atoms with Crippen LogP contribution in [0.25, 0.3) is 0 Å². The molecule has 0 aromatic rings. The van der Waals surface area contributed by atoms with Gasteiger partial charge in [0.15, 0.2) is 5.70 Å². The number of rotatable bonds is 1. The highest BCUT2D eigenvalue weighted by Crippen LogP contribution is 2.31. The second-order valence-corrected chi connectivity index (χ2v) is 3.32. The summed E-state index contributed by atoms with van der Waals surface area (Å²) in [5.41, 5.74) is 5.41. The van der Waals surface area contributed by atoms with Gasteiger partial charge in [0.1, 0.15) is 18.4 Å². The molecule has 1 fully saturated rings. The van der Waals surface area contributed by atoms with Crippen LogP contribution >= 0.6 is 0 Å². The topological polar surface area (TPSA) is 92.9 Å². The number of nitrogens with zero attached hydrogens (tertiary/aromatic N) is 1. The van der Waals surface area contributed by atoms with Crippen LogP contribution in [0.3, 0.4) is 0 Å². The predicted octanol–water partition coefficient (Wildman–Crippen LogP) is -1.13. The van der Waals surface area contributed by atoms with E-state index in [-0.39, 0.29) is 30.0 Å². The molecule has 2 rings (SSSR count). The Balaban J connectivity index is 2.37. The molecule has 6 heteroatoms. The number of carbonyl (C=O) groups excluding carboxylic acids is 1. The van der Waals surface area contributed by atoms with Gasteiger partial charge in [0.05, 0.1) is 6.04 Å². The molecular formula is C8H10N2O4. The minimum atomic E-state index is -1.16. The van der Waals surface area contributed by atoms with Gasteiger partial charge in [-0.05, 0) is 6.92 Å². The van der Waals surface area contributed by atoms with Crippen molar-refractivity contribution in [1.82, 2.24) is 4.90 Å². The molecule has 0 aliphatic carbocycles. The summed E-state index contributed by atoms with van der Waals surface area (Å²) in [6.45, 7) is 1.80. The Morgan fingerprint density at radius 2 is 2.36 bits per heavy atom. The van der Waals surface area contributed by atoms with Crippen LogP contribution in [0.5, 0.6) is 0 Å². The van der Waals surface area contributed by atoms with Gasteiger partial charge in [-0.1, -0.05) is 0 Å². The molecule has 0 aromatic carbocycles. The van der Waals surface area contributed by atoms with E-state index in [4.69, 9.17) is 15.6 Å². The standard InChI is InChI=1S/C8H10N2O4/c1-3-6(8(12)13)10-4(2-14-3)5(9)7(10)11/h4-5H,2,9H2,1H3,(H,12,13). The summed E-state index contributed by atoms with van der Waals surface area (Å²) in [5, 5.41) is 8.86. The quantitative estimate of drug-likeness (QED) is 0.520. The first kappa shape index (κ1) is 9.01. The van der Waals surface area contributed by atoms with E-state index in [2.05, 4.69) is 0 Å². The number of amides is 1. The molecule has 3 N–H and O–H groups in total. The number of carboxylic acid groups (broad SMARTS) is 1. The Morgan fingerprint density at radius 1 is 1.71 bits per heavy atom. The highest BCUT2D eigenvalue weighted by atomic mass is 16.5. The Labute approximate surface area is 79.9 Å². The first-order valence-electron chi connectivity index (χ1n) is 4.19. The van der Waals surface area contributed by atoms with Gasteiger partial charge < -0.3 is 15.6 Å². The van der Waals surface area contributed by atoms with E-state index in [1.807, 2.05) is 0 Å². The molecule has 1 amide bonds. The van der Waals surface area contributed by atoms with Crippen molar-refractivity contribution < 1.29 is 19.4 Å². The molecule has 2 atom stereocenters. The number of ether oxygens (including phenoxy) is 1. The summed E-state index contributed by atoms with van der Waals surface area (Å²) in [6.07, 6.45) is 0. The minimum absolute atomic E-state index is 0.0899. The zero-order valence-corrected chi connectivity index (χ0v) is 7.56. The molecule has 14 heavy (non-hydrogen) atoms. The summed E-state index contributed by atoms with van der Waals surface area (Å²) in [4.78, 5) is 23.3. The van der Waals surface area contributed by atoms with Crippen LogP contribution in [0.1, 0.15) is 6.92 Å². The summed E-state index contributed by atoms with van der Waals surface area (Å²) < 4.78 is 5.13. The first-order chi connectivity index (χ1) is 6.54. The van der Waals surface area contributed by atoms with E-state index < -0.39 is 12.0 Å². The van der Waals surface area contributed by atoms with Gasteiger partial charge in [-0.15, -0.1) is 0 Å². The predicted molar refractivity (Wildman–Crippen MR) is 44.9 cm³/mol. The number of fused-ring (bicyclic) bond motifs is 1. The molecule has 2 heterocycles. The Kier molecular flexibility index (Phi) is 1.75. The molecule has 6 nitrogen and oxygen atoms in total. The summed E-state index contributed by atoms with van der Waals surface area (Å²) in [7, 11) is 0. The lowest BCUT2D eigenvalue weighted by Crippen LogP contribution is -2.71. The number of carboxylic acids is 1. The molecule has 0 bridgehead atoms. The smallest absolute Gasteiger partial charge is 0.356 e. The van der Waals surface area contributed by atoms with Crippen molar-refractivity contribution in [2.45, 2.75) is 19.0 Å². The maximum Gasteiger partial charge on any atom is 0.356 e. The third kappa shape index (κ3) is 0.941. The monoisotopic (exact) mass is 198 g/mol. The number of hydrogen-bond acceptors (Lipinski definition) is 4. The third-order valence-corrected chi connectivity index (χ3v) is 2.52. The molecule has 76 valence electrons. The molecule has 0 aromatic heterocycles. The van der Waals surface area contributed by atoms with Crippen molar-refractivity contribution in [2.24, 2.45) is 5.73 Å². The number of allylic oxidation sites excluding steroid dienone is 1. The van der Waals surface area contributed by atoms with Gasteiger partial charge in [-0.25, -0.2) is 4.79 Å². The van der Waals surface area contributed by atoms with Gasteiger partial charge in [-0.3, -0.25) is 9.69 Å². The normalized spacial score (nSPS) is 30.7. The molecular weight excluding hydrogens is 188 g/mol. The summed E-state index contributed by atoms with van der Waals surface area (Å²) in [6, 6.07) is -0.949. The maximum atomic E-state index is 11.3. The van der Waals surface area contributed by atoms with E-state index in [1.54, 1.807) is 0 Å². The molecule has 2 aliphatic rings. The number of β-lactam (4-membered cyclic amide) rings is 1. The van der Waals surface area contributed by atoms with E-state index in [0.29, 0.717) is 0 Å². The van der Waals surface area contributed by atoms with Crippen LogP contribution in [-0.2, 0) is 14.3 Å². The number of aliphatic carboxylic acids is 1. The van der Waals surface area contributed by atoms with E-state index >= 15 is 0 Å². The van der Waals surface area contributed by atoms with Crippen molar-refractivity contribution >= 4 is 11.9 Å². The largest absolute Gasteiger partial charge is 0.494 e. The highest BCUT2D eigenvalue weighted by molar-refractivity contribution is 5.99. The second kappa shape index (κ2) is 2.71. The van der Waals surface area contributed by atoms with E-state index in [9.17, 15) is 9.59 Å². The number of nitrogens with two attached hydrogens (primary N) is 1. The number of carbonyl (C=O) groups is 2. The Hall–Kier alpha value is -1.56. The van der Waals surface area contributed by atoms with Gasteiger partial charge in [-0.2, -0.15) is 0 Å². The van der Waals surface area contributed by atoms with Crippen LogP contribution in [-0.4, -0.2) is 40.6 Å². The van der Waals surface area contributed by atoms with E-state index in [0.717, 1.165) is 0 Å². The average molecular weight is 198 g/mol. The summed E-state index contributed by atoms with van der Waals surface area (Å²) in [5.74, 6) is -1.25. The minimum Gasteiger partial charge on any atom is -0.494 e. The van der Waals surface area contributed by atoms with Gasteiger partial charge in [0, 0.05) is 0 Å². The Morgan fingerprint density at radius 3 is 2.93 bits per heavy atom. The zero-order chi connectivity index (χ0) is 10.5. The van der Waals surface area contributed by atoms with Gasteiger partial charge in [0.2, 0.25) is 5.91 Å². The maximum absolute atomic E-state index is 11.3. The first-order valence-corrected chi connectivity index (χ1v) is 4.19. The lowest BCUT2D eigenvalue weighted by atomic mass is 9.94. The van der Waals surface area contributed by atoms with Crippen molar-refractivity contribution in [2.75, 3.05) is 6.61 Å². The zero-order valence-electron chi connectivity index (χ0n) is 7.56. The number of hydrogen-bond donors (Lipinski definition) is 2. The van der Waals surface area contributed by atoms with Crippen LogP contribution in [0.2, 0.25) is 0 Å². The fourth-order valence-electron chi connectivity index (χ4n) is 1.72. The fraction of sp³-hybridized carbons (Fsp3) is 0.500. The molecule has 2 unspecified atom stereocenters. The third-order valence-electron chi connectivity index (χ3n) is 2.52. The van der Waals surface area contributed by atoms with Gasteiger partial charge >= 0.3 is 5.97 Å². The highest BCUT2D eigenvalue weighted by Gasteiger charge is 2.51.